The molecule has 1 aliphatic heterocycles. The largest absolute Gasteiger partial charge is 0.349 e. The zero-order chi connectivity index (χ0) is 38.8. The first-order valence-electron chi connectivity index (χ1n) is 18.4. The van der Waals surface area contributed by atoms with Gasteiger partial charge in [0.1, 0.15) is 11.9 Å². The first-order valence-corrected chi connectivity index (χ1v) is 18.4. The molecule has 1 saturated heterocycles. The fourth-order valence-electron chi connectivity index (χ4n) is 7.08. The quantitative estimate of drug-likeness (QED) is 0.217. The number of piperazine rings is 1. The number of nitrogens with zero attached hydrogens (tertiary/aromatic N) is 4. The Bertz CT molecular complexity index is 1850. The number of amides is 4. The second-order valence-electron chi connectivity index (χ2n) is 14.0. The second-order valence-corrected chi connectivity index (χ2v) is 14.0. The van der Waals surface area contributed by atoms with Crippen molar-refractivity contribution in [2.24, 2.45) is 5.92 Å². The van der Waals surface area contributed by atoms with Crippen LogP contribution in [0.4, 0.5) is 18.9 Å². The lowest BCUT2D eigenvalue weighted by Gasteiger charge is -2.37. The Morgan fingerprint density at radius 3 is 2.43 bits per heavy atom. The van der Waals surface area contributed by atoms with Gasteiger partial charge in [-0.25, -0.2) is 4.39 Å². The number of nitriles is 1. The average Bonchev–Trinajstić information content (AvgIpc) is 3.18. The summed E-state index contributed by atoms with van der Waals surface area (Å²) in [6.45, 7) is 6.27. The highest BCUT2D eigenvalue weighted by atomic mass is 19.3. The lowest BCUT2D eigenvalue weighted by molar-refractivity contribution is -0.148. The van der Waals surface area contributed by atoms with Crippen LogP contribution in [0.2, 0.25) is 0 Å². The number of anilines is 1. The van der Waals surface area contributed by atoms with Crippen LogP contribution in [-0.4, -0.2) is 76.7 Å². The van der Waals surface area contributed by atoms with Crippen LogP contribution < -0.4 is 16.0 Å². The molecular formula is C40H46F3N7O4. The van der Waals surface area contributed by atoms with E-state index in [0.717, 1.165) is 24.2 Å². The maximum Gasteiger partial charge on any atom is 0.349 e. The second kappa shape index (κ2) is 18.2. The van der Waals surface area contributed by atoms with Crippen molar-refractivity contribution in [2.45, 2.75) is 82.8 Å². The van der Waals surface area contributed by atoms with E-state index in [1.165, 1.54) is 24.3 Å². The number of hydrogen-bond acceptors (Lipinski definition) is 7. The molecular weight excluding hydrogens is 699 g/mol. The highest BCUT2D eigenvalue weighted by Gasteiger charge is 2.43. The Morgan fingerprint density at radius 2 is 1.74 bits per heavy atom. The van der Waals surface area contributed by atoms with Gasteiger partial charge in [-0.15, -0.1) is 0 Å². The molecule has 2 aliphatic rings. The van der Waals surface area contributed by atoms with Crippen LogP contribution in [0.15, 0.2) is 66.9 Å². The zero-order valence-corrected chi connectivity index (χ0v) is 30.5. The van der Waals surface area contributed by atoms with Gasteiger partial charge in [0.05, 0.1) is 23.0 Å². The first kappa shape index (κ1) is 39.9. The summed E-state index contributed by atoms with van der Waals surface area (Å²) >= 11 is 0. The van der Waals surface area contributed by atoms with E-state index >= 15 is 13.2 Å². The van der Waals surface area contributed by atoms with E-state index in [-0.39, 0.29) is 35.9 Å². The molecule has 5 rings (SSSR count). The monoisotopic (exact) mass is 745 g/mol. The fraction of sp³-hybridized carbons (Fsp3) is 0.450. The molecule has 1 aromatic heterocycles. The topological polar surface area (TPSA) is 148 Å². The third kappa shape index (κ3) is 10.0. The number of rotatable bonds is 13. The molecule has 11 nitrogen and oxygen atoms in total. The van der Waals surface area contributed by atoms with Gasteiger partial charge < -0.3 is 20.9 Å². The van der Waals surface area contributed by atoms with Gasteiger partial charge in [-0.1, -0.05) is 51.0 Å². The zero-order valence-electron chi connectivity index (χ0n) is 30.5. The summed E-state index contributed by atoms with van der Waals surface area (Å²) in [5.41, 5.74) is 0.689. The molecule has 0 radical (unpaired) electrons. The van der Waals surface area contributed by atoms with Crippen molar-refractivity contribution >= 4 is 29.3 Å². The highest BCUT2D eigenvalue weighted by molar-refractivity contribution is 5.91. The number of alkyl halides is 2. The summed E-state index contributed by atoms with van der Waals surface area (Å²) in [4.78, 5) is 60.6. The van der Waals surface area contributed by atoms with Crippen molar-refractivity contribution in [2.75, 3.05) is 31.5 Å². The minimum Gasteiger partial charge on any atom is -0.348 e. The van der Waals surface area contributed by atoms with Crippen LogP contribution in [0.3, 0.4) is 0 Å². The molecule has 2 heterocycles. The van der Waals surface area contributed by atoms with Gasteiger partial charge in [0, 0.05) is 69.3 Å². The van der Waals surface area contributed by atoms with Crippen LogP contribution in [-0.2, 0) is 31.6 Å². The van der Waals surface area contributed by atoms with Gasteiger partial charge in [0.15, 0.2) is 0 Å². The van der Waals surface area contributed by atoms with E-state index in [4.69, 9.17) is 5.26 Å². The summed E-state index contributed by atoms with van der Waals surface area (Å²) in [5, 5.41) is 16.9. The summed E-state index contributed by atoms with van der Waals surface area (Å²) in [5.74, 6) is -8.33. The van der Waals surface area contributed by atoms with E-state index in [0.29, 0.717) is 57.5 Å². The van der Waals surface area contributed by atoms with E-state index in [1.807, 2.05) is 18.2 Å². The molecule has 1 saturated carbocycles. The average molecular weight is 746 g/mol. The highest BCUT2D eigenvalue weighted by Crippen LogP contribution is 2.33. The molecule has 14 heteroatoms. The van der Waals surface area contributed by atoms with E-state index in [1.54, 1.807) is 37.1 Å². The molecule has 2 aromatic carbocycles. The summed E-state index contributed by atoms with van der Waals surface area (Å²) in [6, 6.07) is 14.8. The van der Waals surface area contributed by atoms with Crippen LogP contribution in [0.1, 0.15) is 80.7 Å². The molecule has 1 aliphatic carbocycles. The van der Waals surface area contributed by atoms with Crippen molar-refractivity contribution < 1.29 is 32.3 Å². The molecule has 54 heavy (non-hydrogen) atoms. The number of carbonyl (C=O) groups is 4. The van der Waals surface area contributed by atoms with Gasteiger partial charge in [-0.3, -0.25) is 29.1 Å². The molecule has 3 N–H and O–H groups in total. The minimum atomic E-state index is -3.89. The van der Waals surface area contributed by atoms with Crippen LogP contribution in [0, 0.1) is 23.1 Å². The maximum absolute atomic E-state index is 15.5. The van der Waals surface area contributed by atoms with Crippen LogP contribution >= 0.6 is 0 Å². The number of halogens is 3. The number of hydrogen-bond donors (Lipinski definition) is 3. The van der Waals surface area contributed by atoms with Gasteiger partial charge >= 0.3 is 5.92 Å². The third-order valence-electron chi connectivity index (χ3n) is 10.3. The smallest absolute Gasteiger partial charge is 0.348 e. The molecule has 0 bridgehead atoms. The normalized spacial score (nSPS) is 18.9. The maximum atomic E-state index is 15.5. The summed E-state index contributed by atoms with van der Waals surface area (Å²) in [6.07, 6.45) is 4.09. The predicted octanol–water partition coefficient (Wildman–Crippen LogP) is 5.23. The van der Waals surface area contributed by atoms with Crippen molar-refractivity contribution in [1.29, 1.82) is 5.26 Å². The van der Waals surface area contributed by atoms with Gasteiger partial charge in [-0.05, 0) is 60.7 Å². The standard InChI is InChI=1S/C40H46F3N7O4/c1-3-35(51)48-37(38(53)50-19-17-49(18-20-50)25-31-12-6-7-16-45-31)26(2)28-14-15-34(32(41)22-28)46-36(52)23-29-10-4-5-13-33(29)47-39(54)40(42,43)30-11-8-9-27(21-30)24-44/h6-9,11-12,14-16,21-22,26,29,33,37H,3-5,10,13,17-20,23,25H2,1-2H3,(H,46,52)(H,47,54)(H,48,51)/t26-,29?,33?,37+/m0/s1. The number of aromatic nitrogens is 1. The Balaban J connectivity index is 1.20. The van der Waals surface area contributed by atoms with Crippen molar-refractivity contribution in [3.05, 3.63) is 95.1 Å². The molecule has 2 unspecified atom stereocenters. The number of pyridine rings is 1. The Hall–Kier alpha value is -5.29. The number of benzene rings is 2. The molecule has 0 spiro atoms. The van der Waals surface area contributed by atoms with Gasteiger partial charge in [0.25, 0.3) is 5.91 Å². The molecule has 4 atom stereocenters. The van der Waals surface area contributed by atoms with E-state index < -0.39 is 53.0 Å². The number of carbonyl (C=O) groups excluding carboxylic acids is 4. The first-order chi connectivity index (χ1) is 25.9. The SMILES string of the molecule is CCC(=O)N[C@@H](C(=O)N1CCN(Cc2ccccn2)CC1)[C@@H](C)c1ccc(NC(=O)CC2CCCCC2NC(=O)C(F)(F)c2cccc(C#N)c2)c(F)c1. The van der Waals surface area contributed by atoms with Crippen molar-refractivity contribution in [3.8, 4) is 6.07 Å². The lowest BCUT2D eigenvalue weighted by Crippen LogP contribution is -2.56. The molecule has 2 fully saturated rings. The molecule has 286 valence electrons. The Morgan fingerprint density at radius 1 is 0.981 bits per heavy atom. The Labute approximate surface area is 313 Å². The van der Waals surface area contributed by atoms with Gasteiger partial charge in [-0.2, -0.15) is 14.0 Å². The molecule has 3 aromatic rings. The van der Waals surface area contributed by atoms with Crippen molar-refractivity contribution in [1.82, 2.24) is 25.4 Å². The van der Waals surface area contributed by atoms with Crippen molar-refractivity contribution in [3.63, 3.8) is 0 Å². The predicted molar refractivity (Wildman–Crippen MR) is 195 cm³/mol. The third-order valence-corrected chi connectivity index (χ3v) is 10.3. The van der Waals surface area contributed by atoms with Crippen LogP contribution in [0.25, 0.3) is 0 Å². The van der Waals surface area contributed by atoms with Gasteiger partial charge in [0.2, 0.25) is 17.7 Å². The lowest BCUT2D eigenvalue weighted by atomic mass is 9.82. The Kier molecular flexibility index (Phi) is 13.4. The van der Waals surface area contributed by atoms with Crippen LogP contribution in [0.5, 0.6) is 0 Å². The van der Waals surface area contributed by atoms with E-state index in [9.17, 15) is 19.2 Å². The summed E-state index contributed by atoms with van der Waals surface area (Å²) < 4.78 is 45.7. The minimum absolute atomic E-state index is 0.000663. The fourth-order valence-corrected chi connectivity index (χ4v) is 7.08. The summed E-state index contributed by atoms with van der Waals surface area (Å²) in [7, 11) is 0. The number of nitrogens with one attached hydrogen (secondary N) is 3. The molecule has 4 amide bonds. The van der Waals surface area contributed by atoms with E-state index in [2.05, 4.69) is 25.8 Å².